The fourth-order valence-corrected chi connectivity index (χ4v) is 5.59. The van der Waals surface area contributed by atoms with Crippen molar-refractivity contribution in [3.8, 4) is 5.75 Å². The van der Waals surface area contributed by atoms with E-state index in [4.69, 9.17) is 14.7 Å². The summed E-state index contributed by atoms with van der Waals surface area (Å²) in [7, 11) is 5.77. The molecule has 4 N–H and O–H groups in total. The Bertz CT molecular complexity index is 1270. The van der Waals surface area contributed by atoms with E-state index in [-0.39, 0.29) is 12.5 Å². The zero-order valence-corrected chi connectivity index (χ0v) is 25.0. The van der Waals surface area contributed by atoms with E-state index in [1.165, 1.54) is 6.42 Å². The number of carbonyl (C=O) groups is 2. The Morgan fingerprint density at radius 2 is 1.93 bits per heavy atom. The number of aryl methyl sites for hydroxylation is 2. The predicted octanol–water partition coefficient (Wildman–Crippen LogP) is 5.09. The highest BCUT2D eigenvalue weighted by atomic mass is 16.3. The second-order valence-electron chi connectivity index (χ2n) is 10.7. The van der Waals surface area contributed by atoms with Crippen LogP contribution in [-0.4, -0.2) is 65.2 Å². The highest BCUT2D eigenvalue weighted by molar-refractivity contribution is 6.02. The van der Waals surface area contributed by atoms with E-state index in [1.807, 2.05) is 39.2 Å². The summed E-state index contributed by atoms with van der Waals surface area (Å²) in [4.78, 5) is 23.3. The SMILES string of the molecule is C=O.CN=C(C(O)c1ccc2c(ccn2C)c1)N(c1ccc(O)c(CCC(C)NC)c1)C1CCCC(C)C1.O=CO. The third kappa shape index (κ3) is 8.65. The summed E-state index contributed by atoms with van der Waals surface area (Å²) in [5, 5.41) is 33.6. The van der Waals surface area contributed by atoms with Gasteiger partial charge in [-0.15, -0.1) is 0 Å². The lowest BCUT2D eigenvalue weighted by molar-refractivity contribution is -0.122. The lowest BCUT2D eigenvalue weighted by atomic mass is 9.85. The lowest BCUT2D eigenvalue weighted by Crippen LogP contribution is -2.45. The molecule has 0 amide bonds. The summed E-state index contributed by atoms with van der Waals surface area (Å²) in [6, 6.07) is 14.7. The molecule has 2 aromatic carbocycles. The van der Waals surface area contributed by atoms with Crippen molar-refractivity contribution < 1.29 is 24.9 Å². The highest BCUT2D eigenvalue weighted by Gasteiger charge is 2.32. The van der Waals surface area contributed by atoms with Crippen molar-refractivity contribution in [2.75, 3.05) is 19.0 Å². The molecular weight excluding hydrogens is 520 g/mol. The van der Waals surface area contributed by atoms with E-state index in [1.54, 1.807) is 13.1 Å². The number of aliphatic hydroxyl groups excluding tert-OH is 1. The molecular formula is C32H46N4O5. The number of hydrogen-bond donors (Lipinski definition) is 4. The van der Waals surface area contributed by atoms with Gasteiger partial charge in [0.1, 0.15) is 24.5 Å². The van der Waals surface area contributed by atoms with Crippen molar-refractivity contribution in [1.29, 1.82) is 0 Å². The summed E-state index contributed by atoms with van der Waals surface area (Å²) in [6.45, 7) is 6.21. The molecule has 0 radical (unpaired) electrons. The van der Waals surface area contributed by atoms with Crippen LogP contribution in [0.25, 0.3) is 10.9 Å². The van der Waals surface area contributed by atoms with Crippen molar-refractivity contribution in [3.63, 3.8) is 0 Å². The summed E-state index contributed by atoms with van der Waals surface area (Å²) < 4.78 is 2.09. The Balaban J connectivity index is 0.00000110. The maximum Gasteiger partial charge on any atom is 0.290 e. The first kappa shape index (κ1) is 33.5. The number of nitrogens with one attached hydrogen (secondary N) is 1. The van der Waals surface area contributed by atoms with Gasteiger partial charge >= 0.3 is 0 Å². The molecule has 1 heterocycles. The van der Waals surface area contributed by atoms with Crippen molar-refractivity contribution in [1.82, 2.24) is 9.88 Å². The number of anilines is 1. The van der Waals surface area contributed by atoms with Crippen molar-refractivity contribution in [2.45, 2.75) is 70.6 Å². The Kier molecular flexibility index (Phi) is 13.5. The van der Waals surface area contributed by atoms with E-state index in [0.717, 1.165) is 59.8 Å². The fraction of sp³-hybridized carbons (Fsp3) is 0.469. The monoisotopic (exact) mass is 566 g/mol. The molecule has 4 unspecified atom stereocenters. The number of aromatic nitrogens is 1. The molecule has 0 spiro atoms. The molecule has 9 nitrogen and oxygen atoms in total. The number of aliphatic imine (C=N–C) groups is 1. The molecule has 1 saturated carbocycles. The third-order valence-electron chi connectivity index (χ3n) is 7.90. The number of phenolic OH excluding ortho intramolecular Hbond substituents is 1. The van der Waals surface area contributed by atoms with E-state index < -0.39 is 6.10 Å². The first-order valence-electron chi connectivity index (χ1n) is 14.1. The van der Waals surface area contributed by atoms with Crippen LogP contribution in [0.3, 0.4) is 0 Å². The van der Waals surface area contributed by atoms with Crippen LogP contribution in [0, 0.1) is 5.92 Å². The van der Waals surface area contributed by atoms with Gasteiger partial charge < -0.3 is 34.9 Å². The summed E-state index contributed by atoms with van der Waals surface area (Å²) in [6.07, 6.45) is 7.41. The van der Waals surface area contributed by atoms with Crippen LogP contribution in [0.5, 0.6) is 5.75 Å². The zero-order valence-electron chi connectivity index (χ0n) is 25.0. The quantitative estimate of drug-likeness (QED) is 0.170. The van der Waals surface area contributed by atoms with E-state index in [2.05, 4.69) is 57.9 Å². The van der Waals surface area contributed by atoms with Gasteiger partial charge in [-0.1, -0.05) is 25.8 Å². The smallest absolute Gasteiger partial charge is 0.290 e. The van der Waals surface area contributed by atoms with Gasteiger partial charge in [-0.25, -0.2) is 0 Å². The van der Waals surface area contributed by atoms with Gasteiger partial charge in [-0.3, -0.25) is 9.79 Å². The molecule has 0 aliphatic heterocycles. The summed E-state index contributed by atoms with van der Waals surface area (Å²) in [5.41, 5.74) is 3.89. The Morgan fingerprint density at radius 1 is 1.22 bits per heavy atom. The summed E-state index contributed by atoms with van der Waals surface area (Å²) >= 11 is 0. The van der Waals surface area contributed by atoms with Crippen LogP contribution < -0.4 is 10.2 Å². The predicted molar refractivity (Wildman–Crippen MR) is 166 cm³/mol. The maximum absolute atomic E-state index is 11.7. The zero-order chi connectivity index (χ0) is 30.5. The van der Waals surface area contributed by atoms with E-state index in [9.17, 15) is 10.2 Å². The van der Waals surface area contributed by atoms with Gasteiger partial charge in [-0.2, -0.15) is 0 Å². The van der Waals surface area contributed by atoms with Gasteiger partial charge in [0.2, 0.25) is 0 Å². The number of rotatable bonds is 8. The van der Waals surface area contributed by atoms with Gasteiger partial charge in [0.05, 0.1) is 0 Å². The number of hydrogen-bond acceptors (Lipinski definition) is 6. The molecule has 41 heavy (non-hydrogen) atoms. The van der Waals surface area contributed by atoms with E-state index in [0.29, 0.717) is 23.5 Å². The number of nitrogens with zero attached hydrogens (tertiary/aromatic N) is 3. The largest absolute Gasteiger partial charge is 0.508 e. The number of benzene rings is 2. The Labute approximate surface area is 243 Å². The molecule has 4 rings (SSSR count). The van der Waals surface area contributed by atoms with Crippen LogP contribution in [-0.2, 0) is 23.1 Å². The fourth-order valence-electron chi connectivity index (χ4n) is 5.59. The van der Waals surface area contributed by atoms with Gasteiger partial charge in [0.15, 0.2) is 0 Å². The Hall–Kier alpha value is -3.69. The normalized spacial score (nSPS) is 18.3. The first-order valence-corrected chi connectivity index (χ1v) is 14.1. The number of phenols is 1. The third-order valence-corrected chi connectivity index (χ3v) is 7.90. The van der Waals surface area contributed by atoms with Crippen LogP contribution in [0.1, 0.15) is 63.2 Å². The number of fused-ring (bicyclic) bond motifs is 1. The maximum atomic E-state index is 11.7. The lowest BCUT2D eigenvalue weighted by Gasteiger charge is -2.40. The van der Waals surface area contributed by atoms with Crippen LogP contribution in [0.2, 0.25) is 0 Å². The minimum Gasteiger partial charge on any atom is -0.508 e. The topological polar surface area (TPSA) is 127 Å². The second-order valence-corrected chi connectivity index (χ2v) is 10.7. The molecule has 1 aliphatic carbocycles. The molecule has 1 fully saturated rings. The van der Waals surface area contributed by atoms with Crippen molar-refractivity contribution in [3.05, 3.63) is 59.8 Å². The molecule has 9 heteroatoms. The number of aliphatic hydroxyl groups is 1. The van der Waals surface area contributed by atoms with Gasteiger partial charge in [0, 0.05) is 43.6 Å². The van der Waals surface area contributed by atoms with Crippen LogP contribution in [0.15, 0.2) is 53.7 Å². The molecule has 1 aliphatic rings. The standard InChI is InChI=1S/C30H42N4O2.CH2O2.CH2O/c1-20-7-6-8-25(17-20)34(26-12-14-28(35)23(19-26)10-9-21(2)31-3)30(32-4)29(36)24-11-13-27-22(18-24)15-16-33(27)5;2-1-3;1-2/h11-16,18-21,25,29,31,35-36H,6-10,17H2,1-5H3;1H,(H,2,3);1H2. The molecule has 1 aromatic heterocycles. The highest BCUT2D eigenvalue weighted by Crippen LogP contribution is 2.36. The number of carboxylic acid groups (broad SMARTS) is 1. The van der Waals surface area contributed by atoms with E-state index >= 15 is 0 Å². The molecule has 4 atom stereocenters. The average molecular weight is 567 g/mol. The number of carbonyl (C=O) groups excluding carboxylic acids is 1. The minimum absolute atomic E-state index is 0.246. The van der Waals surface area contributed by atoms with Crippen LogP contribution in [0.4, 0.5) is 5.69 Å². The number of amidine groups is 1. The second kappa shape index (κ2) is 16.5. The van der Waals surface area contributed by atoms with Crippen molar-refractivity contribution in [2.24, 2.45) is 18.0 Å². The van der Waals surface area contributed by atoms with Crippen molar-refractivity contribution >= 4 is 35.7 Å². The summed E-state index contributed by atoms with van der Waals surface area (Å²) in [5.74, 6) is 1.60. The molecule has 0 bridgehead atoms. The molecule has 0 saturated heterocycles. The Morgan fingerprint density at radius 3 is 2.56 bits per heavy atom. The average Bonchev–Trinajstić information content (AvgIpc) is 3.36. The van der Waals surface area contributed by atoms with Gasteiger partial charge in [-0.05, 0) is 98.5 Å². The van der Waals surface area contributed by atoms with Gasteiger partial charge in [0.25, 0.3) is 6.47 Å². The number of aromatic hydroxyl groups is 1. The molecule has 224 valence electrons. The molecule has 3 aromatic rings. The first-order chi connectivity index (χ1) is 19.7. The minimum atomic E-state index is -0.849. The van der Waals surface area contributed by atoms with Crippen LogP contribution >= 0.6 is 0 Å².